The van der Waals surface area contributed by atoms with Gasteiger partial charge in [-0.15, -0.1) is 0 Å². The number of likely N-dealkylation sites (N-methyl/N-ethyl adjacent to an activating group) is 1. The van der Waals surface area contributed by atoms with E-state index in [-0.39, 0.29) is 18.2 Å². The van der Waals surface area contributed by atoms with Gasteiger partial charge in [-0.25, -0.2) is 0 Å². The maximum atomic E-state index is 12.7. The lowest BCUT2D eigenvalue weighted by atomic mass is 9.48. The Morgan fingerprint density at radius 3 is 2.92 bits per heavy atom. The van der Waals surface area contributed by atoms with Gasteiger partial charge in [0.2, 0.25) is 0 Å². The van der Waals surface area contributed by atoms with Gasteiger partial charge in [0, 0.05) is 18.0 Å². The summed E-state index contributed by atoms with van der Waals surface area (Å²) in [5.41, 5.74) is -0.304. The van der Waals surface area contributed by atoms with E-state index >= 15 is 0 Å². The smallest absolute Gasteiger partial charge is 0.177 e. The molecule has 1 saturated carbocycles. The molecule has 1 aromatic carbocycles. The fourth-order valence-corrected chi connectivity index (χ4v) is 5.73. The van der Waals surface area contributed by atoms with Gasteiger partial charge >= 0.3 is 0 Å². The number of Topliss-reactive ketones (excluding diaryl/α,β-unsaturated/α-hetero) is 1. The number of piperidine rings is 1. The van der Waals surface area contributed by atoms with Crippen LogP contribution in [-0.2, 0) is 16.6 Å². The Labute approximate surface area is 140 Å². The number of methoxy groups -OCH3 is 1. The van der Waals surface area contributed by atoms with Crippen molar-refractivity contribution in [3.63, 3.8) is 0 Å². The summed E-state index contributed by atoms with van der Waals surface area (Å²) >= 11 is 0. The van der Waals surface area contributed by atoms with Crippen LogP contribution in [0.5, 0.6) is 11.5 Å². The van der Waals surface area contributed by atoms with Crippen molar-refractivity contribution in [2.24, 2.45) is 0 Å². The van der Waals surface area contributed by atoms with Gasteiger partial charge < -0.3 is 24.6 Å². The van der Waals surface area contributed by atoms with Crippen molar-refractivity contribution < 1.29 is 24.5 Å². The molecule has 5 atom stereocenters. The quantitative estimate of drug-likeness (QED) is 0.755. The predicted molar refractivity (Wildman–Crippen MR) is 84.4 cm³/mol. The molecule has 5 rings (SSSR count). The number of aliphatic hydroxyl groups is 2. The first-order chi connectivity index (χ1) is 11.4. The molecule has 2 fully saturated rings. The molecular formula is C18H21NO5. The molecule has 128 valence electrons. The van der Waals surface area contributed by atoms with Crippen LogP contribution >= 0.6 is 0 Å². The third kappa shape index (κ3) is 1.31. The fourth-order valence-electron chi connectivity index (χ4n) is 5.73. The van der Waals surface area contributed by atoms with E-state index in [9.17, 15) is 15.0 Å². The van der Waals surface area contributed by atoms with Gasteiger partial charge in [-0.05, 0) is 38.1 Å². The van der Waals surface area contributed by atoms with E-state index in [0.29, 0.717) is 24.3 Å². The molecule has 0 radical (unpaired) electrons. The van der Waals surface area contributed by atoms with Gasteiger partial charge in [-0.3, -0.25) is 4.79 Å². The summed E-state index contributed by atoms with van der Waals surface area (Å²) in [5.74, 6) is 1.02. The fraction of sp³-hybridized carbons (Fsp3) is 0.611. The second-order valence-electron chi connectivity index (χ2n) is 7.56. The van der Waals surface area contributed by atoms with Gasteiger partial charge in [0.15, 0.2) is 23.4 Å². The van der Waals surface area contributed by atoms with Crippen LogP contribution in [0.25, 0.3) is 0 Å². The normalized spacial score (nSPS) is 42.5. The maximum Gasteiger partial charge on any atom is 0.177 e. The number of hydrogen-bond donors (Lipinski definition) is 2. The number of carbonyl (C=O) groups is 1. The predicted octanol–water partition coefficient (Wildman–Crippen LogP) is 0.0190. The molecule has 6 heteroatoms. The molecule has 2 bridgehead atoms. The van der Waals surface area contributed by atoms with E-state index < -0.39 is 23.2 Å². The van der Waals surface area contributed by atoms with Crippen molar-refractivity contribution in [3.8, 4) is 11.5 Å². The average Bonchev–Trinajstić information content (AvgIpc) is 2.91. The van der Waals surface area contributed by atoms with Crippen LogP contribution in [0.3, 0.4) is 0 Å². The molecule has 1 saturated heterocycles. The van der Waals surface area contributed by atoms with Gasteiger partial charge in [0.05, 0.1) is 18.6 Å². The van der Waals surface area contributed by atoms with E-state index in [1.54, 1.807) is 7.11 Å². The Morgan fingerprint density at radius 2 is 2.17 bits per heavy atom. The molecule has 0 aromatic heterocycles. The van der Waals surface area contributed by atoms with Gasteiger partial charge in [-0.2, -0.15) is 0 Å². The van der Waals surface area contributed by atoms with Crippen LogP contribution in [-0.4, -0.2) is 65.4 Å². The van der Waals surface area contributed by atoms with Crippen molar-refractivity contribution in [3.05, 3.63) is 23.3 Å². The summed E-state index contributed by atoms with van der Waals surface area (Å²) in [4.78, 5) is 14.8. The maximum absolute atomic E-state index is 12.7. The lowest BCUT2D eigenvalue weighted by Crippen LogP contribution is -2.80. The zero-order valence-electron chi connectivity index (χ0n) is 13.8. The molecule has 2 N–H and O–H groups in total. The van der Waals surface area contributed by atoms with Crippen LogP contribution in [0, 0.1) is 0 Å². The summed E-state index contributed by atoms with van der Waals surface area (Å²) in [6.07, 6.45) is -0.686. The number of aliphatic hydroxyl groups excluding tert-OH is 1. The first kappa shape index (κ1) is 14.7. The van der Waals surface area contributed by atoms with Crippen LogP contribution in [0.4, 0.5) is 0 Å². The highest BCUT2D eigenvalue weighted by atomic mass is 16.5. The zero-order valence-corrected chi connectivity index (χ0v) is 13.8. The molecule has 4 aliphatic rings. The molecular weight excluding hydrogens is 310 g/mol. The number of hydrogen-bond acceptors (Lipinski definition) is 6. The van der Waals surface area contributed by atoms with E-state index in [1.165, 1.54) is 0 Å². The van der Waals surface area contributed by atoms with Gasteiger partial charge in [0.25, 0.3) is 0 Å². The number of rotatable bonds is 1. The Balaban J connectivity index is 1.87. The molecule has 2 aliphatic carbocycles. The van der Waals surface area contributed by atoms with E-state index in [2.05, 4.69) is 4.90 Å². The number of benzene rings is 1. The molecule has 0 amide bonds. The third-order valence-electron chi connectivity index (χ3n) is 6.78. The standard InChI is InChI=1S/C18H21NO5/c1-19-6-5-17-14-9-3-4-11(23-2)15(14)24-16(17)10(20)8-13(21)18(17,22)12(19)7-9/h3-4,12-13,16,21-22H,5-8H2,1-2H3/t12-,13?,16?,17+,18+/m1/s1. The van der Waals surface area contributed by atoms with Crippen LogP contribution < -0.4 is 9.47 Å². The van der Waals surface area contributed by atoms with Crippen molar-refractivity contribution in [2.75, 3.05) is 20.7 Å². The Kier molecular flexibility index (Phi) is 2.64. The van der Waals surface area contributed by atoms with E-state index in [0.717, 1.165) is 17.7 Å². The van der Waals surface area contributed by atoms with Crippen molar-refractivity contribution in [1.29, 1.82) is 0 Å². The summed E-state index contributed by atoms with van der Waals surface area (Å²) in [5, 5.41) is 22.5. The second-order valence-corrected chi connectivity index (χ2v) is 7.56. The molecule has 2 heterocycles. The summed E-state index contributed by atoms with van der Waals surface area (Å²) in [7, 11) is 3.54. The van der Waals surface area contributed by atoms with Crippen LogP contribution in [0.2, 0.25) is 0 Å². The molecule has 6 nitrogen and oxygen atoms in total. The minimum absolute atomic E-state index is 0.0705. The second kappa shape index (κ2) is 4.31. The largest absolute Gasteiger partial charge is 0.493 e. The SMILES string of the molecule is COc1ccc2c3c1OC1C(=O)CC(O)[C@@]4(O)[C@@H](C2)N(C)CC[C@]314. The Bertz CT molecular complexity index is 764. The first-order valence-corrected chi connectivity index (χ1v) is 8.45. The summed E-state index contributed by atoms with van der Waals surface area (Å²) in [6, 6.07) is 3.64. The minimum atomic E-state index is -1.39. The van der Waals surface area contributed by atoms with Gasteiger partial charge in [0.1, 0.15) is 5.60 Å². The molecule has 2 aliphatic heterocycles. The lowest BCUT2D eigenvalue weighted by molar-refractivity contribution is -0.226. The van der Waals surface area contributed by atoms with E-state index in [4.69, 9.17) is 9.47 Å². The Morgan fingerprint density at radius 1 is 1.38 bits per heavy atom. The number of likely N-dealkylation sites (tertiary alicyclic amines) is 1. The van der Waals surface area contributed by atoms with Crippen molar-refractivity contribution in [1.82, 2.24) is 4.90 Å². The Hall–Kier alpha value is -1.63. The van der Waals surface area contributed by atoms with E-state index in [1.807, 2.05) is 19.2 Å². The number of ether oxygens (including phenoxy) is 2. The number of ketones is 1. The molecule has 24 heavy (non-hydrogen) atoms. The highest BCUT2D eigenvalue weighted by Crippen LogP contribution is 2.64. The summed E-state index contributed by atoms with van der Waals surface area (Å²) in [6.45, 7) is 0.753. The van der Waals surface area contributed by atoms with Crippen molar-refractivity contribution in [2.45, 2.75) is 48.5 Å². The van der Waals surface area contributed by atoms with Crippen LogP contribution in [0.1, 0.15) is 24.0 Å². The van der Waals surface area contributed by atoms with Crippen LogP contribution in [0.15, 0.2) is 12.1 Å². The highest BCUT2D eigenvalue weighted by Gasteiger charge is 2.75. The molecule has 1 aromatic rings. The first-order valence-electron chi connectivity index (χ1n) is 8.45. The van der Waals surface area contributed by atoms with Gasteiger partial charge in [-0.1, -0.05) is 6.07 Å². The zero-order chi connectivity index (χ0) is 16.9. The third-order valence-corrected chi connectivity index (χ3v) is 6.78. The average molecular weight is 331 g/mol. The summed E-state index contributed by atoms with van der Waals surface area (Å²) < 4.78 is 11.5. The number of carbonyl (C=O) groups excluding carboxylic acids is 1. The molecule has 2 unspecified atom stereocenters. The van der Waals surface area contributed by atoms with Crippen molar-refractivity contribution >= 4 is 5.78 Å². The lowest BCUT2D eigenvalue weighted by Gasteiger charge is -2.63. The monoisotopic (exact) mass is 331 g/mol. The minimum Gasteiger partial charge on any atom is -0.493 e. The number of nitrogens with zero attached hydrogens (tertiary/aromatic N) is 1. The highest BCUT2D eigenvalue weighted by molar-refractivity contribution is 5.90. The topological polar surface area (TPSA) is 79.2 Å². The molecule has 1 spiro atoms.